The summed E-state index contributed by atoms with van der Waals surface area (Å²) >= 11 is 1.70. The molecule has 0 aliphatic carbocycles. The first-order chi connectivity index (χ1) is 10.3. The van der Waals surface area contributed by atoms with Gasteiger partial charge in [0.25, 0.3) is 0 Å². The van der Waals surface area contributed by atoms with E-state index < -0.39 is 0 Å². The Bertz CT molecular complexity index is 661. The van der Waals surface area contributed by atoms with Crippen LogP contribution in [0.25, 0.3) is 11.3 Å². The molecular formula is C17H18N2OS. The first-order valence-corrected chi connectivity index (χ1v) is 7.95. The van der Waals surface area contributed by atoms with Gasteiger partial charge in [-0.05, 0) is 19.1 Å². The van der Waals surface area contributed by atoms with Crippen molar-refractivity contribution >= 4 is 11.3 Å². The Balaban J connectivity index is 1.55. The zero-order chi connectivity index (χ0) is 14.5. The van der Waals surface area contributed by atoms with Gasteiger partial charge in [0.05, 0.1) is 12.0 Å². The van der Waals surface area contributed by atoms with Gasteiger partial charge in [-0.3, -0.25) is 0 Å². The van der Waals surface area contributed by atoms with E-state index in [1.807, 2.05) is 30.3 Å². The molecule has 108 valence electrons. The molecule has 1 aromatic carbocycles. The second-order valence-electron chi connectivity index (χ2n) is 5.06. The molecule has 0 aliphatic rings. The maximum atomic E-state index is 5.37. The fourth-order valence-electron chi connectivity index (χ4n) is 2.20. The van der Waals surface area contributed by atoms with Gasteiger partial charge >= 0.3 is 0 Å². The molecule has 0 bridgehead atoms. The summed E-state index contributed by atoms with van der Waals surface area (Å²) < 4.78 is 5.37. The summed E-state index contributed by atoms with van der Waals surface area (Å²) in [6.07, 6.45) is 2.61. The Morgan fingerprint density at radius 1 is 1.19 bits per heavy atom. The number of nitrogens with zero attached hydrogens (tertiary/aromatic N) is 1. The maximum absolute atomic E-state index is 5.37. The second kappa shape index (κ2) is 6.70. The minimum absolute atomic E-state index is 0.361. The van der Waals surface area contributed by atoms with Gasteiger partial charge in [0.15, 0.2) is 0 Å². The van der Waals surface area contributed by atoms with Crippen molar-refractivity contribution in [2.24, 2.45) is 0 Å². The van der Waals surface area contributed by atoms with Gasteiger partial charge in [-0.25, -0.2) is 4.98 Å². The number of hydrogen-bond donors (Lipinski definition) is 1. The summed E-state index contributed by atoms with van der Waals surface area (Å²) in [5.41, 5.74) is 2.22. The molecule has 21 heavy (non-hydrogen) atoms. The van der Waals surface area contributed by atoms with E-state index in [4.69, 9.17) is 4.42 Å². The molecule has 2 heterocycles. The van der Waals surface area contributed by atoms with Crippen molar-refractivity contribution in [2.45, 2.75) is 25.9 Å². The van der Waals surface area contributed by atoms with E-state index in [0.29, 0.717) is 6.04 Å². The molecule has 1 unspecified atom stereocenters. The maximum Gasteiger partial charge on any atom is 0.107 e. The van der Waals surface area contributed by atoms with Crippen LogP contribution in [0.1, 0.15) is 17.7 Å². The topological polar surface area (TPSA) is 38.1 Å². The van der Waals surface area contributed by atoms with E-state index in [9.17, 15) is 0 Å². The molecule has 1 N–H and O–H groups in total. The van der Waals surface area contributed by atoms with Crippen molar-refractivity contribution in [3.05, 3.63) is 64.9 Å². The first-order valence-electron chi connectivity index (χ1n) is 7.07. The zero-order valence-corrected chi connectivity index (χ0v) is 12.8. The quantitative estimate of drug-likeness (QED) is 0.744. The fourth-order valence-corrected chi connectivity index (χ4v) is 2.95. The van der Waals surface area contributed by atoms with Gasteiger partial charge in [0.1, 0.15) is 10.8 Å². The Kier molecular flexibility index (Phi) is 4.48. The highest BCUT2D eigenvalue weighted by Crippen LogP contribution is 2.21. The number of thiazole rings is 1. The Morgan fingerprint density at radius 3 is 2.81 bits per heavy atom. The molecule has 0 saturated heterocycles. The van der Waals surface area contributed by atoms with E-state index >= 15 is 0 Å². The van der Waals surface area contributed by atoms with Crippen molar-refractivity contribution in [1.82, 2.24) is 10.3 Å². The van der Waals surface area contributed by atoms with Gasteiger partial charge in [-0.15, -0.1) is 11.3 Å². The third kappa shape index (κ3) is 3.80. The SMILES string of the molecule is CC(Cc1ccco1)NCc1nc(-c2ccccc2)cs1. The van der Waals surface area contributed by atoms with Crippen LogP contribution < -0.4 is 5.32 Å². The second-order valence-corrected chi connectivity index (χ2v) is 6.00. The summed E-state index contributed by atoms with van der Waals surface area (Å²) in [6, 6.07) is 14.6. The van der Waals surface area contributed by atoms with Crippen LogP contribution in [-0.2, 0) is 13.0 Å². The van der Waals surface area contributed by atoms with Crippen molar-refractivity contribution in [1.29, 1.82) is 0 Å². The summed E-state index contributed by atoms with van der Waals surface area (Å²) in [7, 11) is 0. The van der Waals surface area contributed by atoms with Crippen LogP contribution in [0.4, 0.5) is 0 Å². The Labute approximate surface area is 128 Å². The Hall–Kier alpha value is -1.91. The van der Waals surface area contributed by atoms with Crippen molar-refractivity contribution in [2.75, 3.05) is 0 Å². The highest BCUT2D eigenvalue weighted by Gasteiger charge is 2.08. The molecule has 0 aliphatic heterocycles. The molecule has 0 amide bonds. The van der Waals surface area contributed by atoms with Crippen LogP contribution in [0, 0.1) is 0 Å². The van der Waals surface area contributed by atoms with Crippen LogP contribution in [0.2, 0.25) is 0 Å². The summed E-state index contributed by atoms with van der Waals surface area (Å²) in [5.74, 6) is 1.01. The van der Waals surface area contributed by atoms with E-state index in [0.717, 1.165) is 29.4 Å². The molecule has 3 rings (SSSR count). The predicted molar refractivity (Wildman–Crippen MR) is 86.3 cm³/mol. The van der Waals surface area contributed by atoms with Gasteiger partial charge in [0.2, 0.25) is 0 Å². The van der Waals surface area contributed by atoms with Crippen molar-refractivity contribution < 1.29 is 4.42 Å². The fraction of sp³-hybridized carbons (Fsp3) is 0.235. The van der Waals surface area contributed by atoms with Gasteiger partial charge in [0, 0.05) is 30.0 Å². The molecule has 3 aromatic rings. The van der Waals surface area contributed by atoms with Gasteiger partial charge < -0.3 is 9.73 Å². The third-order valence-electron chi connectivity index (χ3n) is 3.31. The minimum Gasteiger partial charge on any atom is -0.469 e. The van der Waals surface area contributed by atoms with Crippen LogP contribution in [0.15, 0.2) is 58.5 Å². The van der Waals surface area contributed by atoms with Crippen molar-refractivity contribution in [3.8, 4) is 11.3 Å². The molecule has 2 aromatic heterocycles. The standard InChI is InChI=1S/C17H18N2OS/c1-13(10-15-8-5-9-20-15)18-11-17-19-16(12-21-17)14-6-3-2-4-7-14/h2-9,12-13,18H,10-11H2,1H3. The molecule has 3 nitrogen and oxygen atoms in total. The van der Waals surface area contributed by atoms with E-state index in [1.54, 1.807) is 17.6 Å². The smallest absolute Gasteiger partial charge is 0.107 e. The molecule has 0 radical (unpaired) electrons. The lowest BCUT2D eigenvalue weighted by Gasteiger charge is -2.10. The molecule has 0 saturated carbocycles. The number of nitrogens with one attached hydrogen (secondary N) is 1. The van der Waals surface area contributed by atoms with Crippen molar-refractivity contribution in [3.63, 3.8) is 0 Å². The largest absolute Gasteiger partial charge is 0.469 e. The molecule has 0 fully saturated rings. The molecule has 0 spiro atoms. The summed E-state index contributed by atoms with van der Waals surface area (Å²) in [4.78, 5) is 4.68. The average molecular weight is 298 g/mol. The first kappa shape index (κ1) is 14.0. The molecular weight excluding hydrogens is 280 g/mol. The number of furan rings is 1. The third-order valence-corrected chi connectivity index (χ3v) is 4.16. The molecule has 1 atom stereocenters. The predicted octanol–water partition coefficient (Wildman–Crippen LogP) is 4.12. The average Bonchev–Trinajstić information content (AvgIpc) is 3.17. The van der Waals surface area contributed by atoms with Crippen LogP contribution in [-0.4, -0.2) is 11.0 Å². The summed E-state index contributed by atoms with van der Waals surface area (Å²) in [6.45, 7) is 2.95. The highest BCUT2D eigenvalue weighted by molar-refractivity contribution is 7.09. The number of hydrogen-bond acceptors (Lipinski definition) is 4. The lowest BCUT2D eigenvalue weighted by atomic mass is 10.2. The van der Waals surface area contributed by atoms with Crippen LogP contribution in [0.3, 0.4) is 0 Å². The van der Waals surface area contributed by atoms with Gasteiger partial charge in [-0.2, -0.15) is 0 Å². The van der Waals surface area contributed by atoms with E-state index in [2.05, 4.69) is 34.7 Å². The lowest BCUT2D eigenvalue weighted by Crippen LogP contribution is -2.27. The van der Waals surface area contributed by atoms with E-state index in [-0.39, 0.29) is 0 Å². The highest BCUT2D eigenvalue weighted by atomic mass is 32.1. The minimum atomic E-state index is 0.361. The summed E-state index contributed by atoms with van der Waals surface area (Å²) in [5, 5.41) is 6.72. The van der Waals surface area contributed by atoms with Gasteiger partial charge in [-0.1, -0.05) is 30.3 Å². The lowest BCUT2D eigenvalue weighted by molar-refractivity contribution is 0.456. The zero-order valence-electron chi connectivity index (χ0n) is 12.0. The number of aromatic nitrogens is 1. The van der Waals surface area contributed by atoms with E-state index in [1.165, 1.54) is 5.56 Å². The normalized spacial score (nSPS) is 12.4. The number of benzene rings is 1. The monoisotopic (exact) mass is 298 g/mol. The van der Waals surface area contributed by atoms with Crippen LogP contribution >= 0.6 is 11.3 Å². The number of rotatable bonds is 6. The molecule has 4 heteroatoms. The van der Waals surface area contributed by atoms with Crippen LogP contribution in [0.5, 0.6) is 0 Å². The Morgan fingerprint density at radius 2 is 2.05 bits per heavy atom.